The molecule has 1 spiro atoms. The molecule has 2 aliphatic heterocycles. The molecule has 4 nitrogen and oxygen atoms in total. The van der Waals surface area contributed by atoms with Gasteiger partial charge in [-0.25, -0.2) is 0 Å². The molecule has 0 unspecified atom stereocenters. The van der Waals surface area contributed by atoms with Gasteiger partial charge in [0, 0.05) is 30.8 Å². The van der Waals surface area contributed by atoms with Crippen molar-refractivity contribution in [2.45, 2.75) is 63.2 Å². The van der Waals surface area contributed by atoms with Gasteiger partial charge >= 0.3 is 0 Å². The van der Waals surface area contributed by atoms with Crippen molar-refractivity contribution in [3.05, 3.63) is 65.2 Å². The van der Waals surface area contributed by atoms with Gasteiger partial charge in [-0.3, -0.25) is 0 Å². The van der Waals surface area contributed by atoms with Crippen molar-refractivity contribution in [2.24, 2.45) is 0 Å². The SMILES string of the molecule is CCCCc1ccc(N2CC[C@@]34C=C[C@H](O)C[C@@H]3Oc3c(OC)ccc(c34)C2)cc1. The molecule has 158 valence electrons. The Bertz CT molecular complexity index is 951. The van der Waals surface area contributed by atoms with Crippen LogP contribution in [0.4, 0.5) is 5.69 Å². The van der Waals surface area contributed by atoms with Gasteiger partial charge in [0.05, 0.1) is 18.6 Å². The van der Waals surface area contributed by atoms with Crippen molar-refractivity contribution in [3.63, 3.8) is 0 Å². The summed E-state index contributed by atoms with van der Waals surface area (Å²) in [5.74, 6) is 1.66. The third-order valence-corrected chi connectivity index (χ3v) is 7.08. The highest BCUT2D eigenvalue weighted by atomic mass is 16.5. The Morgan fingerprint density at radius 3 is 2.80 bits per heavy atom. The van der Waals surface area contributed by atoms with Gasteiger partial charge in [0.1, 0.15) is 6.10 Å². The standard InChI is InChI=1S/C26H31NO3/c1-3-4-5-18-6-9-20(10-7-18)27-15-14-26-13-12-21(28)16-23(26)30-25-22(29-2)11-8-19(17-27)24(25)26/h6-13,21,23,28H,3-5,14-17H2,1-2H3/t21-,23-,26-/m0/s1. The summed E-state index contributed by atoms with van der Waals surface area (Å²) in [7, 11) is 1.70. The van der Waals surface area contributed by atoms with E-state index in [9.17, 15) is 5.11 Å². The van der Waals surface area contributed by atoms with Gasteiger partial charge in [-0.2, -0.15) is 0 Å². The summed E-state index contributed by atoms with van der Waals surface area (Å²) in [5.41, 5.74) is 5.05. The van der Waals surface area contributed by atoms with E-state index in [0.29, 0.717) is 6.42 Å². The van der Waals surface area contributed by atoms with E-state index in [1.54, 1.807) is 7.11 Å². The Labute approximate surface area is 179 Å². The molecule has 2 aromatic carbocycles. The van der Waals surface area contributed by atoms with Crippen molar-refractivity contribution in [2.75, 3.05) is 18.6 Å². The second-order valence-electron chi connectivity index (χ2n) is 8.88. The van der Waals surface area contributed by atoms with Crippen LogP contribution in [0.1, 0.15) is 49.3 Å². The fourth-order valence-electron chi connectivity index (χ4n) is 5.41. The molecule has 0 saturated heterocycles. The minimum Gasteiger partial charge on any atom is -0.493 e. The summed E-state index contributed by atoms with van der Waals surface area (Å²) >= 11 is 0. The predicted molar refractivity (Wildman–Crippen MR) is 120 cm³/mol. The highest BCUT2D eigenvalue weighted by molar-refractivity contribution is 5.63. The first-order valence-corrected chi connectivity index (χ1v) is 11.2. The van der Waals surface area contributed by atoms with Gasteiger partial charge < -0.3 is 19.5 Å². The first-order valence-electron chi connectivity index (χ1n) is 11.2. The number of hydrogen-bond acceptors (Lipinski definition) is 4. The topological polar surface area (TPSA) is 41.9 Å². The van der Waals surface area contributed by atoms with Crippen LogP contribution in [0.15, 0.2) is 48.6 Å². The first kappa shape index (κ1) is 19.5. The minimum atomic E-state index is -0.445. The van der Waals surface area contributed by atoms with E-state index in [1.165, 1.54) is 35.2 Å². The van der Waals surface area contributed by atoms with E-state index >= 15 is 0 Å². The number of unbranched alkanes of at least 4 members (excludes halogenated alkanes) is 1. The molecule has 5 rings (SSSR count). The van der Waals surface area contributed by atoms with Crippen molar-refractivity contribution < 1.29 is 14.6 Å². The van der Waals surface area contributed by atoms with Gasteiger partial charge in [0.15, 0.2) is 11.5 Å². The number of nitrogens with zero attached hydrogens (tertiary/aromatic N) is 1. The number of benzene rings is 2. The average molecular weight is 406 g/mol. The van der Waals surface area contributed by atoms with Crippen LogP contribution in [0.2, 0.25) is 0 Å². The van der Waals surface area contributed by atoms with Gasteiger partial charge in [-0.1, -0.05) is 43.7 Å². The lowest BCUT2D eigenvalue weighted by atomic mass is 9.69. The molecule has 0 aromatic heterocycles. The van der Waals surface area contributed by atoms with E-state index in [4.69, 9.17) is 9.47 Å². The molecule has 2 heterocycles. The number of rotatable bonds is 5. The summed E-state index contributed by atoms with van der Waals surface area (Å²) in [6.45, 7) is 4.04. The molecule has 2 aromatic rings. The molecule has 0 saturated carbocycles. The Morgan fingerprint density at radius 1 is 1.20 bits per heavy atom. The van der Waals surface area contributed by atoms with E-state index in [-0.39, 0.29) is 11.5 Å². The fourth-order valence-corrected chi connectivity index (χ4v) is 5.41. The molecule has 3 aliphatic rings. The second kappa shape index (κ2) is 7.66. The van der Waals surface area contributed by atoms with Crippen LogP contribution < -0.4 is 14.4 Å². The monoisotopic (exact) mass is 405 g/mol. The Morgan fingerprint density at radius 2 is 2.03 bits per heavy atom. The van der Waals surface area contributed by atoms with E-state index < -0.39 is 6.10 Å². The van der Waals surface area contributed by atoms with Crippen LogP contribution in [0.3, 0.4) is 0 Å². The first-order chi connectivity index (χ1) is 14.6. The van der Waals surface area contributed by atoms with Gasteiger partial charge in [-0.15, -0.1) is 0 Å². The van der Waals surface area contributed by atoms with Crippen molar-refractivity contribution in [3.8, 4) is 11.5 Å². The Balaban J connectivity index is 1.52. The second-order valence-corrected chi connectivity index (χ2v) is 8.88. The molecule has 3 atom stereocenters. The van der Waals surface area contributed by atoms with Crippen LogP contribution in [-0.2, 0) is 18.4 Å². The smallest absolute Gasteiger partial charge is 0.166 e. The number of methoxy groups -OCH3 is 1. The summed E-state index contributed by atoms with van der Waals surface area (Å²) < 4.78 is 12.0. The van der Waals surface area contributed by atoms with Crippen LogP contribution in [0.25, 0.3) is 0 Å². The molecule has 4 heteroatoms. The quantitative estimate of drug-likeness (QED) is 0.728. The summed E-state index contributed by atoms with van der Waals surface area (Å²) in [6.07, 6.45) is 8.88. The minimum absolute atomic E-state index is 0.0427. The lowest BCUT2D eigenvalue weighted by Gasteiger charge is -2.36. The zero-order chi connectivity index (χ0) is 20.7. The molecular weight excluding hydrogens is 374 g/mol. The zero-order valence-electron chi connectivity index (χ0n) is 17.9. The number of ether oxygens (including phenoxy) is 2. The average Bonchev–Trinajstić information content (AvgIpc) is 3.00. The van der Waals surface area contributed by atoms with Gasteiger partial charge in [0.25, 0.3) is 0 Å². The fraction of sp³-hybridized carbons (Fsp3) is 0.462. The third kappa shape index (κ3) is 3.09. The maximum atomic E-state index is 10.2. The van der Waals surface area contributed by atoms with E-state index in [2.05, 4.69) is 48.2 Å². The molecule has 30 heavy (non-hydrogen) atoms. The number of aryl methyl sites for hydroxylation is 1. The summed E-state index contributed by atoms with van der Waals surface area (Å²) in [4.78, 5) is 2.48. The highest BCUT2D eigenvalue weighted by Gasteiger charge is 2.52. The van der Waals surface area contributed by atoms with Crippen LogP contribution in [0.5, 0.6) is 11.5 Å². The Kier molecular flexibility index (Phi) is 4.98. The molecule has 0 radical (unpaired) electrons. The van der Waals surface area contributed by atoms with E-state index in [0.717, 1.165) is 37.4 Å². The summed E-state index contributed by atoms with van der Waals surface area (Å²) in [5, 5.41) is 10.2. The molecule has 1 aliphatic carbocycles. The highest BCUT2D eigenvalue weighted by Crippen LogP contribution is 2.55. The normalized spacial score (nSPS) is 26.6. The van der Waals surface area contributed by atoms with Crippen molar-refractivity contribution >= 4 is 5.69 Å². The molecule has 0 bridgehead atoms. The number of aliphatic hydroxyl groups excluding tert-OH is 1. The molecular formula is C26H31NO3. The molecule has 1 N–H and O–H groups in total. The lowest BCUT2D eigenvalue weighted by Crippen LogP contribution is -2.43. The third-order valence-electron chi connectivity index (χ3n) is 7.08. The van der Waals surface area contributed by atoms with Crippen molar-refractivity contribution in [1.82, 2.24) is 0 Å². The molecule has 0 fully saturated rings. The maximum absolute atomic E-state index is 10.2. The predicted octanol–water partition coefficient (Wildman–Crippen LogP) is 4.77. The maximum Gasteiger partial charge on any atom is 0.166 e. The Hall–Kier alpha value is -2.46. The van der Waals surface area contributed by atoms with Gasteiger partial charge in [0.2, 0.25) is 0 Å². The molecule has 0 amide bonds. The van der Waals surface area contributed by atoms with Crippen molar-refractivity contribution in [1.29, 1.82) is 0 Å². The summed E-state index contributed by atoms with van der Waals surface area (Å²) in [6, 6.07) is 13.3. The number of hydrogen-bond donors (Lipinski definition) is 1. The van der Waals surface area contributed by atoms with Crippen LogP contribution in [0, 0.1) is 0 Å². The largest absolute Gasteiger partial charge is 0.493 e. The van der Waals surface area contributed by atoms with Gasteiger partial charge in [-0.05, 0) is 48.6 Å². The van der Waals surface area contributed by atoms with Crippen LogP contribution in [-0.4, -0.2) is 31.0 Å². The lowest BCUT2D eigenvalue weighted by molar-refractivity contribution is 0.0856. The number of anilines is 1. The zero-order valence-corrected chi connectivity index (χ0v) is 17.9. The van der Waals surface area contributed by atoms with Crippen LogP contribution >= 0.6 is 0 Å². The van der Waals surface area contributed by atoms with E-state index in [1.807, 2.05) is 12.1 Å². The number of aliphatic hydroxyl groups is 1.